The van der Waals surface area contributed by atoms with Gasteiger partial charge in [0, 0.05) is 5.56 Å². The van der Waals surface area contributed by atoms with E-state index >= 15 is 0 Å². The molecule has 1 fully saturated rings. The summed E-state index contributed by atoms with van der Waals surface area (Å²) in [5.74, 6) is 0.279. The van der Waals surface area contributed by atoms with E-state index in [-0.39, 0.29) is 12.4 Å². The van der Waals surface area contributed by atoms with E-state index < -0.39 is 5.91 Å². The standard InChI is InChI=1S/C22H19NO.ClH/c23-22(24)18-13-11-16(12-14-18)20-8-4-7-19(15-9-10-15)21(20)17-5-2-1-3-6-17;/h1-8,11-15H,9-10H2,(H2,23,24);1H. The number of halogens is 1. The van der Waals surface area contributed by atoms with E-state index in [1.807, 2.05) is 18.2 Å². The maximum absolute atomic E-state index is 11.3. The summed E-state index contributed by atoms with van der Waals surface area (Å²) in [6, 6.07) is 24.7. The van der Waals surface area contributed by atoms with Gasteiger partial charge in [-0.25, -0.2) is 0 Å². The first-order valence-corrected chi connectivity index (χ1v) is 8.32. The molecular formula is C22H20ClNO. The fourth-order valence-electron chi connectivity index (χ4n) is 3.29. The number of hydrogen-bond donors (Lipinski definition) is 1. The summed E-state index contributed by atoms with van der Waals surface area (Å²) in [5, 5.41) is 0. The molecule has 3 heteroatoms. The fraction of sp³-hybridized carbons (Fsp3) is 0.136. The lowest BCUT2D eigenvalue weighted by atomic mass is 9.88. The van der Waals surface area contributed by atoms with Crippen LogP contribution in [0.1, 0.15) is 34.7 Å². The average molecular weight is 350 g/mol. The maximum atomic E-state index is 11.3. The summed E-state index contributed by atoms with van der Waals surface area (Å²) in [6.45, 7) is 0. The lowest BCUT2D eigenvalue weighted by molar-refractivity contribution is 0.100. The minimum absolute atomic E-state index is 0. The van der Waals surface area contributed by atoms with Gasteiger partial charge in [-0.2, -0.15) is 0 Å². The van der Waals surface area contributed by atoms with Crippen molar-refractivity contribution < 1.29 is 4.79 Å². The summed E-state index contributed by atoms with van der Waals surface area (Å²) < 4.78 is 0. The predicted octanol–water partition coefficient (Wildman–Crippen LogP) is 5.42. The van der Waals surface area contributed by atoms with Crippen LogP contribution in [0.15, 0.2) is 72.8 Å². The molecule has 0 radical (unpaired) electrons. The Kier molecular flexibility index (Phi) is 4.91. The van der Waals surface area contributed by atoms with E-state index in [0.29, 0.717) is 11.5 Å². The number of benzene rings is 3. The van der Waals surface area contributed by atoms with Crippen molar-refractivity contribution in [3.63, 3.8) is 0 Å². The second-order valence-electron chi connectivity index (χ2n) is 6.35. The van der Waals surface area contributed by atoms with Crippen LogP contribution in [0.3, 0.4) is 0 Å². The second-order valence-corrected chi connectivity index (χ2v) is 6.35. The van der Waals surface area contributed by atoms with Gasteiger partial charge in [0.15, 0.2) is 0 Å². The molecule has 0 atom stereocenters. The van der Waals surface area contributed by atoms with E-state index in [2.05, 4.69) is 42.5 Å². The smallest absolute Gasteiger partial charge is 0.248 e. The Hall–Kier alpha value is -2.58. The number of rotatable bonds is 4. The predicted molar refractivity (Wildman–Crippen MR) is 105 cm³/mol. The van der Waals surface area contributed by atoms with Crippen LogP contribution in [-0.4, -0.2) is 5.91 Å². The molecule has 0 aliphatic heterocycles. The van der Waals surface area contributed by atoms with Crippen molar-refractivity contribution in [1.29, 1.82) is 0 Å². The van der Waals surface area contributed by atoms with Crippen LogP contribution in [-0.2, 0) is 0 Å². The monoisotopic (exact) mass is 349 g/mol. The Morgan fingerprint density at radius 1 is 0.800 bits per heavy atom. The third kappa shape index (κ3) is 3.45. The van der Waals surface area contributed by atoms with Gasteiger partial charge >= 0.3 is 0 Å². The van der Waals surface area contributed by atoms with Crippen molar-refractivity contribution in [2.75, 3.05) is 0 Å². The molecule has 2 N–H and O–H groups in total. The number of amides is 1. The van der Waals surface area contributed by atoms with Crippen molar-refractivity contribution in [3.8, 4) is 22.3 Å². The second kappa shape index (κ2) is 7.12. The third-order valence-electron chi connectivity index (χ3n) is 4.66. The van der Waals surface area contributed by atoms with Crippen molar-refractivity contribution in [2.24, 2.45) is 5.73 Å². The highest BCUT2D eigenvalue weighted by Crippen LogP contribution is 2.47. The van der Waals surface area contributed by atoms with Gasteiger partial charge in [-0.1, -0.05) is 60.7 Å². The SMILES string of the molecule is Cl.NC(=O)c1ccc(-c2cccc(C3CC3)c2-c2ccccc2)cc1. The zero-order chi connectivity index (χ0) is 16.5. The van der Waals surface area contributed by atoms with Crippen molar-refractivity contribution >= 4 is 18.3 Å². The lowest BCUT2D eigenvalue weighted by Gasteiger charge is -2.15. The van der Waals surface area contributed by atoms with Crippen molar-refractivity contribution in [1.82, 2.24) is 0 Å². The van der Waals surface area contributed by atoms with Crippen LogP contribution >= 0.6 is 12.4 Å². The zero-order valence-electron chi connectivity index (χ0n) is 13.8. The molecule has 3 aromatic carbocycles. The fourth-order valence-corrected chi connectivity index (χ4v) is 3.29. The Morgan fingerprint density at radius 2 is 1.48 bits per heavy atom. The number of primary amides is 1. The van der Waals surface area contributed by atoms with Gasteiger partial charge < -0.3 is 5.73 Å². The molecule has 3 aromatic rings. The topological polar surface area (TPSA) is 43.1 Å². The third-order valence-corrected chi connectivity index (χ3v) is 4.66. The Balaban J connectivity index is 0.00000182. The summed E-state index contributed by atoms with van der Waals surface area (Å²) in [4.78, 5) is 11.3. The molecule has 0 bridgehead atoms. The Bertz CT molecular complexity index is 884. The summed E-state index contributed by atoms with van der Waals surface area (Å²) in [5.41, 5.74) is 12.2. The molecule has 1 aliphatic carbocycles. The van der Waals surface area contributed by atoms with E-state index in [1.165, 1.54) is 35.1 Å². The van der Waals surface area contributed by atoms with Gasteiger partial charge in [0.2, 0.25) is 5.91 Å². The highest BCUT2D eigenvalue weighted by atomic mass is 35.5. The Morgan fingerprint density at radius 3 is 2.08 bits per heavy atom. The summed E-state index contributed by atoms with van der Waals surface area (Å²) in [7, 11) is 0. The zero-order valence-corrected chi connectivity index (χ0v) is 14.6. The normalized spacial score (nSPS) is 13.1. The van der Waals surface area contributed by atoms with Crippen LogP contribution in [0.2, 0.25) is 0 Å². The summed E-state index contributed by atoms with van der Waals surface area (Å²) >= 11 is 0. The van der Waals surface area contributed by atoms with Gasteiger partial charge in [0.05, 0.1) is 0 Å². The molecule has 0 spiro atoms. The highest BCUT2D eigenvalue weighted by Gasteiger charge is 2.27. The van der Waals surface area contributed by atoms with Gasteiger partial charge in [-0.15, -0.1) is 12.4 Å². The lowest BCUT2D eigenvalue weighted by Crippen LogP contribution is -2.10. The first-order valence-electron chi connectivity index (χ1n) is 8.32. The van der Waals surface area contributed by atoms with Gasteiger partial charge in [0.25, 0.3) is 0 Å². The van der Waals surface area contributed by atoms with E-state index in [0.717, 1.165) is 5.56 Å². The summed E-state index contributed by atoms with van der Waals surface area (Å²) in [6.07, 6.45) is 2.54. The van der Waals surface area contributed by atoms with Crippen molar-refractivity contribution in [2.45, 2.75) is 18.8 Å². The number of carbonyl (C=O) groups is 1. The molecule has 0 aromatic heterocycles. The number of carbonyl (C=O) groups excluding carboxylic acids is 1. The van der Waals surface area contributed by atoms with Crippen LogP contribution < -0.4 is 5.73 Å². The van der Waals surface area contributed by atoms with Crippen LogP contribution in [0.4, 0.5) is 0 Å². The molecule has 0 heterocycles. The molecule has 1 aliphatic rings. The van der Waals surface area contributed by atoms with E-state index in [1.54, 1.807) is 12.1 Å². The molecule has 0 unspecified atom stereocenters. The van der Waals surface area contributed by atoms with Gasteiger partial charge in [-0.05, 0) is 58.7 Å². The van der Waals surface area contributed by atoms with Gasteiger partial charge in [-0.3, -0.25) is 4.79 Å². The van der Waals surface area contributed by atoms with Crippen molar-refractivity contribution in [3.05, 3.63) is 83.9 Å². The largest absolute Gasteiger partial charge is 0.366 e. The minimum atomic E-state index is -0.392. The van der Waals surface area contributed by atoms with Crippen LogP contribution in [0.25, 0.3) is 22.3 Å². The molecule has 0 saturated heterocycles. The number of nitrogens with two attached hydrogens (primary N) is 1. The molecule has 4 rings (SSSR count). The van der Waals surface area contributed by atoms with Crippen LogP contribution in [0.5, 0.6) is 0 Å². The molecule has 1 amide bonds. The molecule has 2 nitrogen and oxygen atoms in total. The molecular weight excluding hydrogens is 330 g/mol. The quantitative estimate of drug-likeness (QED) is 0.671. The Labute approximate surface area is 154 Å². The molecule has 1 saturated carbocycles. The van der Waals surface area contributed by atoms with Gasteiger partial charge in [0.1, 0.15) is 0 Å². The minimum Gasteiger partial charge on any atom is -0.366 e. The average Bonchev–Trinajstić information content (AvgIpc) is 3.47. The number of hydrogen-bond acceptors (Lipinski definition) is 1. The first-order chi connectivity index (χ1) is 11.7. The van der Waals surface area contributed by atoms with E-state index in [4.69, 9.17) is 5.73 Å². The van der Waals surface area contributed by atoms with E-state index in [9.17, 15) is 4.79 Å². The van der Waals surface area contributed by atoms with Crippen LogP contribution in [0, 0.1) is 0 Å². The maximum Gasteiger partial charge on any atom is 0.248 e. The molecule has 25 heavy (non-hydrogen) atoms. The first kappa shape index (κ1) is 17.2. The highest BCUT2D eigenvalue weighted by molar-refractivity contribution is 5.94. The molecule has 126 valence electrons.